The van der Waals surface area contributed by atoms with Gasteiger partial charge in [0.15, 0.2) is 5.17 Å². The van der Waals surface area contributed by atoms with E-state index in [1.165, 1.54) is 11.8 Å². The topological polar surface area (TPSA) is 103 Å². The van der Waals surface area contributed by atoms with Crippen LogP contribution in [-0.2, 0) is 20.9 Å². The number of nitrogens with zero attached hydrogens (tertiary/aromatic N) is 2. The van der Waals surface area contributed by atoms with E-state index in [-0.39, 0.29) is 25.5 Å². The number of thioether (sulfide) groups is 1. The van der Waals surface area contributed by atoms with Gasteiger partial charge in [0.25, 0.3) is 0 Å². The van der Waals surface area contributed by atoms with Crippen molar-refractivity contribution < 1.29 is 28.2 Å². The number of fused-ring (bicyclic) bond motifs is 1. The van der Waals surface area contributed by atoms with Gasteiger partial charge < -0.3 is 28.8 Å². The molecule has 1 aromatic carbocycles. The number of furan rings is 1. The third-order valence-corrected chi connectivity index (χ3v) is 6.50. The lowest BCUT2D eigenvalue weighted by Crippen LogP contribution is -2.38. The lowest BCUT2D eigenvalue weighted by Gasteiger charge is -2.36. The van der Waals surface area contributed by atoms with Crippen molar-refractivity contribution in [3.63, 3.8) is 0 Å². The van der Waals surface area contributed by atoms with E-state index in [0.29, 0.717) is 45.0 Å². The summed E-state index contributed by atoms with van der Waals surface area (Å²) in [4.78, 5) is 32.5. The predicted molar refractivity (Wildman–Crippen MR) is 132 cm³/mol. The molecule has 4 rings (SSSR count). The van der Waals surface area contributed by atoms with Crippen LogP contribution in [-0.4, -0.2) is 42.8 Å². The number of allylic oxidation sites excluding steroid dienone is 1. The highest BCUT2D eigenvalue weighted by atomic mass is 32.2. The summed E-state index contributed by atoms with van der Waals surface area (Å²) in [6.07, 6.45) is 1.65. The predicted octanol–water partition coefficient (Wildman–Crippen LogP) is 4.14. The Morgan fingerprint density at radius 1 is 1.23 bits per heavy atom. The zero-order valence-corrected chi connectivity index (χ0v) is 20.8. The Balaban J connectivity index is 1.71. The molecule has 0 saturated carbocycles. The molecule has 1 aromatic heterocycles. The molecule has 0 radical (unpaired) electrons. The first-order valence-electron chi connectivity index (χ1n) is 11.1. The summed E-state index contributed by atoms with van der Waals surface area (Å²) in [5.74, 6) is 1.19. The molecule has 0 saturated heterocycles. The van der Waals surface area contributed by atoms with Crippen LogP contribution in [0.1, 0.15) is 37.6 Å². The van der Waals surface area contributed by atoms with Crippen LogP contribution in [0.3, 0.4) is 0 Å². The molecule has 10 heteroatoms. The van der Waals surface area contributed by atoms with Crippen LogP contribution in [0.2, 0.25) is 0 Å². The number of hydrogen-bond donors (Lipinski definition) is 1. The molecule has 2 aliphatic heterocycles. The van der Waals surface area contributed by atoms with Gasteiger partial charge in [-0.15, -0.1) is 0 Å². The molecule has 1 unspecified atom stereocenters. The fraction of sp³-hybridized carbons (Fsp3) is 0.320. The standard InChI is InChI=1S/C25H27N3O6S/c1-5-33-24(30)22-15(2)27-25-28(23(22)19-12-17(31-3)8-9-20(19)32-4)16(14-35-25)11-21(29)26-13-18-7-6-10-34-18/h6-10,12,14,23H,5,11,13H2,1-4H3,(H,26,29). The summed E-state index contributed by atoms with van der Waals surface area (Å²) in [6, 6.07) is 8.36. The smallest absolute Gasteiger partial charge is 0.338 e. The van der Waals surface area contributed by atoms with Gasteiger partial charge in [0, 0.05) is 11.3 Å². The fourth-order valence-electron chi connectivity index (χ4n) is 4.01. The number of amides is 1. The lowest BCUT2D eigenvalue weighted by atomic mass is 9.93. The average Bonchev–Trinajstić information content (AvgIpc) is 3.51. The second kappa shape index (κ2) is 10.7. The van der Waals surface area contributed by atoms with Gasteiger partial charge in [-0.1, -0.05) is 11.8 Å². The quantitative estimate of drug-likeness (QED) is 0.516. The van der Waals surface area contributed by atoms with E-state index in [9.17, 15) is 9.59 Å². The van der Waals surface area contributed by atoms with Crippen molar-refractivity contribution in [1.82, 2.24) is 10.2 Å². The Bertz CT molecular complexity index is 1200. The first kappa shape index (κ1) is 24.5. The van der Waals surface area contributed by atoms with Crippen LogP contribution in [0.15, 0.2) is 68.4 Å². The molecule has 1 atom stereocenters. The third kappa shape index (κ3) is 5.07. The number of amidine groups is 1. The van der Waals surface area contributed by atoms with Crippen LogP contribution < -0.4 is 14.8 Å². The van der Waals surface area contributed by atoms with Gasteiger partial charge in [0.05, 0.1) is 57.4 Å². The second-order valence-electron chi connectivity index (χ2n) is 7.75. The van der Waals surface area contributed by atoms with Crippen molar-refractivity contribution in [3.05, 3.63) is 70.3 Å². The molecule has 0 bridgehead atoms. The number of benzene rings is 1. The third-order valence-electron chi connectivity index (χ3n) is 5.61. The van der Waals surface area contributed by atoms with E-state index in [0.717, 1.165) is 0 Å². The van der Waals surface area contributed by atoms with E-state index in [1.807, 2.05) is 16.4 Å². The largest absolute Gasteiger partial charge is 0.497 e. The van der Waals surface area contributed by atoms with E-state index in [2.05, 4.69) is 10.3 Å². The number of methoxy groups -OCH3 is 2. The maximum atomic E-state index is 13.1. The summed E-state index contributed by atoms with van der Waals surface area (Å²) in [5, 5.41) is 5.42. The summed E-state index contributed by atoms with van der Waals surface area (Å²) in [7, 11) is 3.15. The molecular formula is C25H27N3O6S. The molecular weight excluding hydrogens is 470 g/mol. The summed E-state index contributed by atoms with van der Waals surface area (Å²) in [6.45, 7) is 4.05. The van der Waals surface area contributed by atoms with Gasteiger partial charge in [0.1, 0.15) is 17.3 Å². The van der Waals surface area contributed by atoms with Crippen molar-refractivity contribution in [2.24, 2.45) is 4.99 Å². The SMILES string of the molecule is CCOC(=O)C1=C(C)N=C2SC=C(CC(=O)NCc3ccco3)N2C1c1cc(OC)ccc1OC. The molecule has 9 nitrogen and oxygen atoms in total. The highest BCUT2D eigenvalue weighted by molar-refractivity contribution is 8.16. The maximum absolute atomic E-state index is 13.1. The lowest BCUT2D eigenvalue weighted by molar-refractivity contribution is -0.139. The highest BCUT2D eigenvalue weighted by Crippen LogP contribution is 2.47. The van der Waals surface area contributed by atoms with Gasteiger partial charge in [0.2, 0.25) is 5.91 Å². The highest BCUT2D eigenvalue weighted by Gasteiger charge is 2.42. The Kier molecular flexibility index (Phi) is 7.50. The van der Waals surface area contributed by atoms with Crippen molar-refractivity contribution in [3.8, 4) is 11.5 Å². The zero-order valence-electron chi connectivity index (χ0n) is 20.0. The Labute approximate surface area is 207 Å². The molecule has 35 heavy (non-hydrogen) atoms. The fourth-order valence-corrected chi connectivity index (χ4v) is 4.98. The molecule has 184 valence electrons. The zero-order chi connectivity index (χ0) is 24.9. The minimum atomic E-state index is -0.620. The number of ether oxygens (including phenoxy) is 3. The van der Waals surface area contributed by atoms with Gasteiger partial charge in [-0.3, -0.25) is 4.79 Å². The molecule has 1 amide bonds. The Morgan fingerprint density at radius 3 is 2.74 bits per heavy atom. The Hall–Kier alpha value is -3.66. The first-order valence-corrected chi connectivity index (χ1v) is 12.0. The van der Waals surface area contributed by atoms with E-state index in [4.69, 9.17) is 18.6 Å². The number of esters is 1. The first-order chi connectivity index (χ1) is 17.0. The van der Waals surface area contributed by atoms with Crippen LogP contribution >= 0.6 is 11.8 Å². The summed E-state index contributed by atoms with van der Waals surface area (Å²) >= 11 is 1.40. The molecule has 2 aliphatic rings. The summed E-state index contributed by atoms with van der Waals surface area (Å²) < 4.78 is 21.8. The number of carbonyl (C=O) groups excluding carboxylic acids is 2. The van der Waals surface area contributed by atoms with Gasteiger partial charge in [-0.25, -0.2) is 9.79 Å². The molecule has 0 spiro atoms. The van der Waals surface area contributed by atoms with Crippen molar-refractivity contribution in [2.75, 3.05) is 20.8 Å². The van der Waals surface area contributed by atoms with E-state index >= 15 is 0 Å². The van der Waals surface area contributed by atoms with Crippen LogP contribution in [0.5, 0.6) is 11.5 Å². The van der Waals surface area contributed by atoms with Crippen molar-refractivity contribution in [2.45, 2.75) is 32.9 Å². The van der Waals surface area contributed by atoms with Crippen molar-refractivity contribution in [1.29, 1.82) is 0 Å². The van der Waals surface area contributed by atoms with Gasteiger partial charge in [-0.05, 0) is 49.6 Å². The van der Waals surface area contributed by atoms with Crippen LogP contribution in [0.4, 0.5) is 0 Å². The maximum Gasteiger partial charge on any atom is 0.338 e. The number of nitrogens with one attached hydrogen (secondary N) is 1. The molecule has 0 fully saturated rings. The normalized spacial score (nSPS) is 16.9. The number of rotatable bonds is 9. The Morgan fingerprint density at radius 2 is 2.06 bits per heavy atom. The number of hydrogen-bond acceptors (Lipinski definition) is 9. The van der Waals surface area contributed by atoms with Crippen molar-refractivity contribution >= 4 is 28.8 Å². The number of carbonyl (C=O) groups is 2. The monoisotopic (exact) mass is 497 g/mol. The minimum Gasteiger partial charge on any atom is -0.497 e. The number of aliphatic imine (C=N–C) groups is 1. The summed E-state index contributed by atoms with van der Waals surface area (Å²) in [5.41, 5.74) is 2.33. The average molecular weight is 498 g/mol. The second-order valence-corrected chi connectivity index (χ2v) is 8.59. The van der Waals surface area contributed by atoms with E-state index < -0.39 is 12.0 Å². The van der Waals surface area contributed by atoms with Crippen LogP contribution in [0.25, 0.3) is 0 Å². The van der Waals surface area contributed by atoms with Crippen LogP contribution in [0, 0.1) is 0 Å². The molecule has 0 aliphatic carbocycles. The minimum absolute atomic E-state index is 0.0880. The van der Waals surface area contributed by atoms with Gasteiger partial charge in [-0.2, -0.15) is 0 Å². The van der Waals surface area contributed by atoms with E-state index in [1.54, 1.807) is 58.6 Å². The molecule has 3 heterocycles. The van der Waals surface area contributed by atoms with Gasteiger partial charge >= 0.3 is 5.97 Å². The molecule has 1 N–H and O–H groups in total. The molecule has 2 aromatic rings.